The van der Waals surface area contributed by atoms with Gasteiger partial charge < -0.3 is 14.3 Å². The van der Waals surface area contributed by atoms with Gasteiger partial charge in [0.1, 0.15) is 5.76 Å². The number of hydrogen-bond donors (Lipinski definition) is 1. The summed E-state index contributed by atoms with van der Waals surface area (Å²) in [7, 11) is 0. The molecule has 1 aliphatic rings. The van der Waals surface area contributed by atoms with Crippen LogP contribution in [0.2, 0.25) is 0 Å². The van der Waals surface area contributed by atoms with E-state index in [-0.39, 0.29) is 6.04 Å². The maximum absolute atomic E-state index is 5.32. The Morgan fingerprint density at radius 2 is 2.35 bits per heavy atom. The first-order chi connectivity index (χ1) is 8.34. The number of hydrogen-bond acceptors (Lipinski definition) is 5. The van der Waals surface area contributed by atoms with Gasteiger partial charge in [-0.3, -0.25) is 0 Å². The summed E-state index contributed by atoms with van der Waals surface area (Å²) < 4.78 is 10.6. The maximum Gasteiger partial charge on any atom is 0.244 e. The van der Waals surface area contributed by atoms with Crippen LogP contribution < -0.4 is 5.32 Å². The molecule has 90 valence electrons. The third-order valence-electron chi connectivity index (χ3n) is 3.15. The molecule has 2 aromatic heterocycles. The summed E-state index contributed by atoms with van der Waals surface area (Å²) in [5.41, 5.74) is 0.899. The van der Waals surface area contributed by atoms with Gasteiger partial charge in [-0.25, -0.2) is 0 Å². The van der Waals surface area contributed by atoms with Crippen LogP contribution in [-0.4, -0.2) is 16.7 Å². The molecule has 0 amide bonds. The van der Waals surface area contributed by atoms with E-state index in [1.807, 2.05) is 13.0 Å². The Bertz CT molecular complexity index is 497. The standard InChI is InChI=1S/C12H15N3O2/c1-8-9(5-7-16-8)11-14-12(17-15-11)10-4-2-3-6-13-10/h5,7,10,13H,2-4,6H2,1H3/t10-/m1/s1. The van der Waals surface area contributed by atoms with E-state index in [1.54, 1.807) is 6.26 Å². The molecule has 0 unspecified atom stereocenters. The second kappa shape index (κ2) is 4.33. The van der Waals surface area contributed by atoms with Gasteiger partial charge in [0.15, 0.2) is 0 Å². The van der Waals surface area contributed by atoms with Crippen molar-refractivity contribution in [1.82, 2.24) is 15.5 Å². The molecule has 1 fully saturated rings. The Morgan fingerprint density at radius 1 is 1.41 bits per heavy atom. The van der Waals surface area contributed by atoms with Crippen molar-refractivity contribution < 1.29 is 8.94 Å². The van der Waals surface area contributed by atoms with E-state index in [9.17, 15) is 0 Å². The van der Waals surface area contributed by atoms with Crippen molar-refractivity contribution in [3.8, 4) is 11.4 Å². The molecule has 0 saturated carbocycles. The predicted molar refractivity (Wildman–Crippen MR) is 61.3 cm³/mol. The summed E-state index contributed by atoms with van der Waals surface area (Å²) in [4.78, 5) is 4.44. The van der Waals surface area contributed by atoms with Gasteiger partial charge >= 0.3 is 0 Å². The van der Waals surface area contributed by atoms with E-state index in [1.165, 1.54) is 12.8 Å². The van der Waals surface area contributed by atoms with E-state index < -0.39 is 0 Å². The van der Waals surface area contributed by atoms with Gasteiger partial charge in [0.2, 0.25) is 11.7 Å². The minimum Gasteiger partial charge on any atom is -0.469 e. The minimum absolute atomic E-state index is 0.206. The van der Waals surface area contributed by atoms with Gasteiger partial charge in [-0.05, 0) is 32.4 Å². The number of nitrogens with one attached hydrogen (secondary N) is 1. The normalized spacial score (nSPS) is 20.6. The lowest BCUT2D eigenvalue weighted by atomic mass is 10.1. The van der Waals surface area contributed by atoms with Gasteiger partial charge in [-0.1, -0.05) is 11.6 Å². The van der Waals surface area contributed by atoms with Crippen molar-refractivity contribution in [2.24, 2.45) is 0 Å². The molecule has 5 heteroatoms. The van der Waals surface area contributed by atoms with Crippen LogP contribution in [0.25, 0.3) is 11.4 Å². The van der Waals surface area contributed by atoms with Gasteiger partial charge in [0.25, 0.3) is 0 Å². The van der Waals surface area contributed by atoms with E-state index in [0.717, 1.165) is 24.3 Å². The van der Waals surface area contributed by atoms with Crippen LogP contribution in [0.3, 0.4) is 0 Å². The van der Waals surface area contributed by atoms with Crippen molar-refractivity contribution in [3.05, 3.63) is 24.0 Å². The van der Waals surface area contributed by atoms with Gasteiger partial charge in [-0.15, -0.1) is 0 Å². The highest BCUT2D eigenvalue weighted by molar-refractivity contribution is 5.56. The number of furan rings is 1. The first kappa shape index (κ1) is 10.5. The second-order valence-electron chi connectivity index (χ2n) is 4.35. The third kappa shape index (κ3) is 1.98. The lowest BCUT2D eigenvalue weighted by Gasteiger charge is -2.19. The molecular formula is C12H15N3O2. The lowest BCUT2D eigenvalue weighted by molar-refractivity contribution is 0.297. The Labute approximate surface area is 99.2 Å². The lowest BCUT2D eigenvalue weighted by Crippen LogP contribution is -2.26. The number of rotatable bonds is 2. The summed E-state index contributed by atoms with van der Waals surface area (Å²) in [5, 5.41) is 7.40. The van der Waals surface area contributed by atoms with Crippen molar-refractivity contribution in [1.29, 1.82) is 0 Å². The second-order valence-corrected chi connectivity index (χ2v) is 4.35. The van der Waals surface area contributed by atoms with Gasteiger partial charge in [0, 0.05) is 0 Å². The average molecular weight is 233 g/mol. The number of aromatic nitrogens is 2. The average Bonchev–Trinajstić information content (AvgIpc) is 2.98. The van der Waals surface area contributed by atoms with Crippen LogP contribution in [0.15, 0.2) is 21.3 Å². The van der Waals surface area contributed by atoms with Crippen molar-refractivity contribution in [2.75, 3.05) is 6.54 Å². The fourth-order valence-electron chi connectivity index (χ4n) is 2.17. The summed E-state index contributed by atoms with van der Waals surface area (Å²) in [6, 6.07) is 2.07. The first-order valence-corrected chi connectivity index (χ1v) is 5.96. The first-order valence-electron chi connectivity index (χ1n) is 5.96. The Morgan fingerprint density at radius 3 is 3.06 bits per heavy atom. The summed E-state index contributed by atoms with van der Waals surface area (Å²) >= 11 is 0. The highest BCUT2D eigenvalue weighted by atomic mass is 16.5. The molecule has 0 aromatic carbocycles. The SMILES string of the molecule is Cc1occc1-c1noc([C@H]2CCCCN2)n1. The predicted octanol–water partition coefficient (Wildman–Crippen LogP) is 2.45. The summed E-state index contributed by atoms with van der Waals surface area (Å²) in [6.07, 6.45) is 5.13. The summed E-state index contributed by atoms with van der Waals surface area (Å²) in [5.74, 6) is 2.10. The summed E-state index contributed by atoms with van der Waals surface area (Å²) in [6.45, 7) is 2.91. The highest BCUT2D eigenvalue weighted by Crippen LogP contribution is 2.25. The quantitative estimate of drug-likeness (QED) is 0.863. The number of piperidine rings is 1. The minimum atomic E-state index is 0.206. The topological polar surface area (TPSA) is 64.1 Å². The van der Waals surface area contributed by atoms with Gasteiger partial charge in [0.05, 0.1) is 17.9 Å². The van der Waals surface area contributed by atoms with E-state index >= 15 is 0 Å². The number of nitrogens with zero attached hydrogens (tertiary/aromatic N) is 2. The Balaban J connectivity index is 1.85. The van der Waals surface area contributed by atoms with E-state index in [4.69, 9.17) is 8.94 Å². The van der Waals surface area contributed by atoms with Crippen LogP contribution >= 0.6 is 0 Å². The van der Waals surface area contributed by atoms with Crippen LogP contribution in [0.5, 0.6) is 0 Å². The van der Waals surface area contributed by atoms with Crippen LogP contribution in [0.4, 0.5) is 0 Å². The molecule has 3 rings (SSSR count). The zero-order valence-electron chi connectivity index (χ0n) is 9.77. The molecule has 1 atom stereocenters. The molecule has 0 bridgehead atoms. The van der Waals surface area contributed by atoms with E-state index in [0.29, 0.717) is 11.7 Å². The molecule has 17 heavy (non-hydrogen) atoms. The molecule has 0 radical (unpaired) electrons. The van der Waals surface area contributed by atoms with Crippen molar-refractivity contribution in [3.63, 3.8) is 0 Å². The van der Waals surface area contributed by atoms with E-state index in [2.05, 4.69) is 15.5 Å². The molecule has 0 spiro atoms. The third-order valence-corrected chi connectivity index (χ3v) is 3.15. The van der Waals surface area contributed by atoms with Crippen LogP contribution in [0.1, 0.15) is 37.0 Å². The molecular weight excluding hydrogens is 218 g/mol. The van der Waals surface area contributed by atoms with Crippen LogP contribution in [-0.2, 0) is 0 Å². The van der Waals surface area contributed by atoms with Gasteiger partial charge in [-0.2, -0.15) is 4.98 Å². The smallest absolute Gasteiger partial charge is 0.244 e. The van der Waals surface area contributed by atoms with Crippen LogP contribution in [0, 0.1) is 6.92 Å². The molecule has 3 heterocycles. The fourth-order valence-corrected chi connectivity index (χ4v) is 2.17. The Hall–Kier alpha value is -1.62. The number of aryl methyl sites for hydroxylation is 1. The largest absolute Gasteiger partial charge is 0.469 e. The molecule has 1 aliphatic heterocycles. The highest BCUT2D eigenvalue weighted by Gasteiger charge is 2.22. The zero-order valence-corrected chi connectivity index (χ0v) is 9.77. The molecule has 0 aliphatic carbocycles. The van der Waals surface area contributed by atoms with Crippen molar-refractivity contribution >= 4 is 0 Å². The zero-order chi connectivity index (χ0) is 11.7. The fraction of sp³-hybridized carbons (Fsp3) is 0.500. The molecule has 1 saturated heterocycles. The molecule has 5 nitrogen and oxygen atoms in total. The Kier molecular flexibility index (Phi) is 2.68. The van der Waals surface area contributed by atoms with Crippen molar-refractivity contribution in [2.45, 2.75) is 32.2 Å². The molecule has 2 aromatic rings. The molecule has 1 N–H and O–H groups in total. The monoisotopic (exact) mass is 233 g/mol. The maximum atomic E-state index is 5.32.